The molecule has 0 aromatic heterocycles. The van der Waals surface area contributed by atoms with E-state index in [1.54, 1.807) is 6.21 Å². The van der Waals surface area contributed by atoms with Crippen LogP contribution < -0.4 is 5.73 Å². The van der Waals surface area contributed by atoms with Crippen molar-refractivity contribution in [2.75, 3.05) is 0 Å². The maximum absolute atomic E-state index is 6.26. The number of nitrogens with zero attached hydrogens (tertiary/aromatic N) is 1. The Morgan fingerprint density at radius 2 is 1.58 bits per heavy atom. The van der Waals surface area contributed by atoms with E-state index in [9.17, 15) is 0 Å². The fourth-order valence-electron chi connectivity index (χ4n) is 1.89. The second kappa shape index (κ2) is 6.01. The topological polar surface area (TPSA) is 38.4 Å². The van der Waals surface area contributed by atoms with Gasteiger partial charge in [0.1, 0.15) is 0 Å². The molecule has 0 aliphatic heterocycles. The van der Waals surface area contributed by atoms with Crippen LogP contribution in [0, 0.1) is 6.92 Å². The van der Waals surface area contributed by atoms with Crippen molar-refractivity contribution in [3.05, 3.63) is 71.3 Å². The van der Waals surface area contributed by atoms with E-state index in [0.29, 0.717) is 5.70 Å². The molecule has 0 radical (unpaired) electrons. The van der Waals surface area contributed by atoms with Crippen LogP contribution in [0.15, 0.2) is 59.6 Å². The van der Waals surface area contributed by atoms with Gasteiger partial charge in [-0.25, -0.2) is 0 Å². The summed E-state index contributed by atoms with van der Waals surface area (Å²) >= 11 is 0. The molecule has 0 amide bonds. The fourth-order valence-corrected chi connectivity index (χ4v) is 1.89. The van der Waals surface area contributed by atoms with E-state index in [1.165, 1.54) is 5.56 Å². The Morgan fingerprint density at radius 3 is 2.16 bits per heavy atom. The molecule has 2 rings (SSSR count). The van der Waals surface area contributed by atoms with Crippen molar-refractivity contribution < 1.29 is 0 Å². The molecule has 2 aromatic carbocycles. The third-order valence-corrected chi connectivity index (χ3v) is 2.92. The predicted octanol–water partition coefficient (Wildman–Crippen LogP) is 3.87. The number of rotatable bonds is 3. The summed E-state index contributed by atoms with van der Waals surface area (Å²) in [5, 5.41) is 0. The Balaban J connectivity index is 2.53. The van der Waals surface area contributed by atoms with Gasteiger partial charge in [0.2, 0.25) is 0 Å². The zero-order chi connectivity index (χ0) is 13.7. The molecule has 0 atom stereocenters. The zero-order valence-corrected chi connectivity index (χ0v) is 11.3. The van der Waals surface area contributed by atoms with Crippen molar-refractivity contribution in [3.8, 4) is 0 Å². The lowest BCUT2D eigenvalue weighted by molar-refractivity contribution is 1.41. The van der Waals surface area contributed by atoms with Crippen molar-refractivity contribution in [2.45, 2.75) is 13.8 Å². The Hall–Kier alpha value is -2.35. The first-order chi connectivity index (χ1) is 9.22. The number of aryl methyl sites for hydroxylation is 1. The molecular formula is C17H18N2. The van der Waals surface area contributed by atoms with Crippen molar-refractivity contribution >= 4 is 17.6 Å². The molecule has 0 aliphatic rings. The average Bonchev–Trinajstić information content (AvgIpc) is 2.46. The quantitative estimate of drug-likeness (QED) is 0.651. The lowest BCUT2D eigenvalue weighted by atomic mass is 10.0. The molecule has 0 saturated heterocycles. The third kappa shape index (κ3) is 3.10. The number of hydrogen-bond acceptors (Lipinski definition) is 2. The zero-order valence-electron chi connectivity index (χ0n) is 11.3. The number of benzene rings is 2. The molecule has 0 aliphatic carbocycles. The third-order valence-electron chi connectivity index (χ3n) is 2.92. The molecule has 2 nitrogen and oxygen atoms in total. The minimum atomic E-state index is 0.697. The van der Waals surface area contributed by atoms with E-state index in [1.807, 2.05) is 49.4 Å². The standard InChI is InChI=1S/C17H18N2/c1-3-19-17(15-11-9-13(2)10-12-15)16(18)14-7-5-4-6-8-14/h3-12H,18H2,1-2H3/b17-16-,19-3?. The van der Waals surface area contributed by atoms with E-state index in [0.717, 1.165) is 16.8 Å². The van der Waals surface area contributed by atoms with E-state index in [4.69, 9.17) is 5.73 Å². The van der Waals surface area contributed by atoms with Crippen LogP contribution in [-0.2, 0) is 0 Å². The number of hydrogen-bond donors (Lipinski definition) is 1. The molecule has 0 bridgehead atoms. The molecule has 0 spiro atoms. The summed E-state index contributed by atoms with van der Waals surface area (Å²) in [7, 11) is 0. The Bertz CT molecular complexity index is 593. The van der Waals surface area contributed by atoms with Crippen molar-refractivity contribution in [2.24, 2.45) is 10.7 Å². The summed E-state index contributed by atoms with van der Waals surface area (Å²) in [6.45, 7) is 3.96. The normalized spacial score (nSPS) is 12.5. The van der Waals surface area contributed by atoms with Gasteiger partial charge >= 0.3 is 0 Å². The van der Waals surface area contributed by atoms with Crippen LogP contribution in [0.4, 0.5) is 0 Å². The van der Waals surface area contributed by atoms with Crippen LogP contribution in [0.25, 0.3) is 11.4 Å². The van der Waals surface area contributed by atoms with Crippen LogP contribution in [0.1, 0.15) is 23.6 Å². The van der Waals surface area contributed by atoms with Gasteiger partial charge < -0.3 is 5.73 Å². The molecule has 0 heterocycles. The van der Waals surface area contributed by atoms with E-state index < -0.39 is 0 Å². The predicted molar refractivity (Wildman–Crippen MR) is 82.8 cm³/mol. The smallest absolute Gasteiger partial charge is 0.0933 e. The highest BCUT2D eigenvalue weighted by Gasteiger charge is 2.07. The van der Waals surface area contributed by atoms with Crippen LogP contribution >= 0.6 is 0 Å². The number of aliphatic imine (C=N–C) groups is 1. The molecule has 0 unspecified atom stereocenters. The van der Waals surface area contributed by atoms with Crippen LogP contribution in [0.2, 0.25) is 0 Å². The van der Waals surface area contributed by atoms with Crippen LogP contribution in [-0.4, -0.2) is 6.21 Å². The highest BCUT2D eigenvalue weighted by atomic mass is 14.8. The van der Waals surface area contributed by atoms with E-state index in [-0.39, 0.29) is 0 Å². The van der Waals surface area contributed by atoms with Crippen molar-refractivity contribution in [1.82, 2.24) is 0 Å². The molecule has 2 N–H and O–H groups in total. The van der Waals surface area contributed by atoms with Gasteiger partial charge in [-0.3, -0.25) is 4.99 Å². The summed E-state index contributed by atoms with van der Waals surface area (Å²) in [5.74, 6) is 0. The minimum Gasteiger partial charge on any atom is -0.396 e. The van der Waals surface area contributed by atoms with Crippen LogP contribution in [0.3, 0.4) is 0 Å². The summed E-state index contributed by atoms with van der Waals surface area (Å²) < 4.78 is 0. The average molecular weight is 250 g/mol. The largest absolute Gasteiger partial charge is 0.396 e. The Labute approximate surface area is 114 Å². The Kier molecular flexibility index (Phi) is 4.14. The van der Waals surface area contributed by atoms with Gasteiger partial charge in [-0.1, -0.05) is 60.2 Å². The molecular weight excluding hydrogens is 232 g/mol. The first-order valence-corrected chi connectivity index (χ1v) is 6.33. The first kappa shape index (κ1) is 13.1. The second-order valence-electron chi connectivity index (χ2n) is 4.38. The van der Waals surface area contributed by atoms with Crippen LogP contribution in [0.5, 0.6) is 0 Å². The van der Waals surface area contributed by atoms with E-state index in [2.05, 4.69) is 24.0 Å². The van der Waals surface area contributed by atoms with Gasteiger partial charge in [0, 0.05) is 11.8 Å². The van der Waals surface area contributed by atoms with Gasteiger partial charge in [0.25, 0.3) is 0 Å². The lowest BCUT2D eigenvalue weighted by Crippen LogP contribution is -2.00. The first-order valence-electron chi connectivity index (χ1n) is 6.33. The van der Waals surface area contributed by atoms with Gasteiger partial charge in [-0.05, 0) is 19.4 Å². The van der Waals surface area contributed by atoms with Gasteiger partial charge in [0.05, 0.1) is 11.4 Å². The number of nitrogens with two attached hydrogens (primary N) is 1. The molecule has 19 heavy (non-hydrogen) atoms. The maximum Gasteiger partial charge on any atom is 0.0933 e. The summed E-state index contributed by atoms with van der Waals surface area (Å²) in [4.78, 5) is 4.43. The second-order valence-corrected chi connectivity index (χ2v) is 4.38. The fraction of sp³-hybridized carbons (Fsp3) is 0.118. The highest BCUT2D eigenvalue weighted by Crippen LogP contribution is 2.24. The van der Waals surface area contributed by atoms with Gasteiger partial charge in [-0.2, -0.15) is 0 Å². The van der Waals surface area contributed by atoms with Crippen molar-refractivity contribution in [3.63, 3.8) is 0 Å². The lowest BCUT2D eigenvalue weighted by Gasteiger charge is -2.09. The summed E-state index contributed by atoms with van der Waals surface area (Å²) in [6.07, 6.45) is 1.77. The molecule has 0 saturated carbocycles. The molecule has 2 heteroatoms. The Morgan fingerprint density at radius 1 is 0.947 bits per heavy atom. The van der Waals surface area contributed by atoms with Gasteiger partial charge in [-0.15, -0.1) is 0 Å². The monoisotopic (exact) mass is 250 g/mol. The summed E-state index contributed by atoms with van der Waals surface area (Å²) in [5.41, 5.74) is 11.0. The molecule has 0 fully saturated rings. The SMILES string of the molecule is CC=N/C(=C(\N)c1ccccc1)c1ccc(C)cc1. The summed E-state index contributed by atoms with van der Waals surface area (Å²) in [6, 6.07) is 18.2. The molecule has 2 aromatic rings. The van der Waals surface area contributed by atoms with Gasteiger partial charge in [0.15, 0.2) is 0 Å². The van der Waals surface area contributed by atoms with E-state index >= 15 is 0 Å². The minimum absolute atomic E-state index is 0.697. The van der Waals surface area contributed by atoms with Crippen molar-refractivity contribution in [1.29, 1.82) is 0 Å². The maximum atomic E-state index is 6.26. The highest BCUT2D eigenvalue weighted by molar-refractivity contribution is 5.91. The molecule has 96 valence electrons.